The fourth-order valence-electron chi connectivity index (χ4n) is 1.64. The summed E-state index contributed by atoms with van der Waals surface area (Å²) >= 11 is 2.16. The normalized spacial score (nSPS) is 9.42. The number of hydrogen-bond donors (Lipinski definition) is 2. The van der Waals surface area contributed by atoms with Crippen LogP contribution in [-0.4, -0.2) is 44.8 Å². The van der Waals surface area contributed by atoms with E-state index in [-0.39, 0.29) is 17.4 Å². The maximum absolute atomic E-state index is 11.7. The van der Waals surface area contributed by atoms with Gasteiger partial charge in [-0.25, -0.2) is 14.5 Å². The molecule has 0 aliphatic heterocycles. The van der Waals surface area contributed by atoms with Crippen LogP contribution < -0.4 is 0 Å². The van der Waals surface area contributed by atoms with Gasteiger partial charge in [-0.05, 0) is 36.6 Å². The van der Waals surface area contributed by atoms with E-state index in [2.05, 4.69) is 55.3 Å². The van der Waals surface area contributed by atoms with Crippen molar-refractivity contribution in [3.63, 3.8) is 0 Å². The van der Waals surface area contributed by atoms with Gasteiger partial charge in [0.05, 0.1) is 16.6 Å². The number of carboxylic acid groups (broad SMARTS) is 1. The van der Waals surface area contributed by atoms with Crippen LogP contribution in [0.5, 0.6) is 5.75 Å². The molecule has 0 heterocycles. The van der Waals surface area contributed by atoms with Crippen LogP contribution in [0.25, 0.3) is 0 Å². The highest BCUT2D eigenvalue weighted by molar-refractivity contribution is 14.1. The molecule has 0 saturated heterocycles. The zero-order valence-corrected chi connectivity index (χ0v) is 17.5. The van der Waals surface area contributed by atoms with Crippen molar-refractivity contribution < 1.29 is 24.5 Å². The molecule has 1 aromatic carbocycles. The fourth-order valence-corrected chi connectivity index (χ4v) is 1.81. The molecule has 0 saturated carbocycles. The molecular formula is C19H26INO5. The molecule has 1 aromatic rings. The SMILES string of the molecule is CCCCOC(=O)N(C#CCI)CC(C)C.O=C(O)c1ccc(O)cc1. The fraction of sp³-hybridized carbons (Fsp3) is 0.474. The van der Waals surface area contributed by atoms with Crippen LogP contribution in [0, 0.1) is 17.9 Å². The Balaban J connectivity index is 0.000000531. The van der Waals surface area contributed by atoms with E-state index in [1.54, 1.807) is 0 Å². The number of phenols is 1. The van der Waals surface area contributed by atoms with Gasteiger partial charge in [0.1, 0.15) is 5.75 Å². The van der Waals surface area contributed by atoms with Gasteiger partial charge in [-0.15, -0.1) is 0 Å². The Morgan fingerprint density at radius 3 is 2.35 bits per heavy atom. The molecule has 0 aliphatic rings. The number of rotatable bonds is 6. The molecule has 144 valence electrons. The zero-order chi connectivity index (χ0) is 19.9. The van der Waals surface area contributed by atoms with E-state index in [0.29, 0.717) is 23.5 Å². The molecular weight excluding hydrogens is 449 g/mol. The monoisotopic (exact) mass is 475 g/mol. The summed E-state index contributed by atoms with van der Waals surface area (Å²) in [6, 6.07) is 8.19. The second kappa shape index (κ2) is 14.2. The first kappa shape index (κ1) is 24.1. The van der Waals surface area contributed by atoms with Crippen LogP contribution in [-0.2, 0) is 4.74 Å². The maximum atomic E-state index is 11.7. The number of nitrogens with zero attached hydrogens (tertiary/aromatic N) is 1. The molecule has 0 aliphatic carbocycles. The minimum Gasteiger partial charge on any atom is -0.508 e. The Labute approximate surface area is 168 Å². The third kappa shape index (κ3) is 11.6. The van der Waals surface area contributed by atoms with E-state index in [9.17, 15) is 9.59 Å². The number of benzene rings is 1. The van der Waals surface area contributed by atoms with Crippen LogP contribution in [0.2, 0.25) is 0 Å². The number of carbonyl (C=O) groups is 2. The average molecular weight is 475 g/mol. The average Bonchev–Trinajstić information content (AvgIpc) is 2.59. The molecule has 0 spiro atoms. The summed E-state index contributed by atoms with van der Waals surface area (Å²) in [7, 11) is 0. The van der Waals surface area contributed by atoms with Gasteiger partial charge in [0.15, 0.2) is 0 Å². The molecule has 0 atom stereocenters. The summed E-state index contributed by atoms with van der Waals surface area (Å²) in [4.78, 5) is 23.4. The van der Waals surface area contributed by atoms with Crippen molar-refractivity contribution in [3.05, 3.63) is 29.8 Å². The van der Waals surface area contributed by atoms with Crippen molar-refractivity contribution in [1.82, 2.24) is 4.90 Å². The smallest absolute Gasteiger partial charge is 0.421 e. The number of amides is 1. The lowest BCUT2D eigenvalue weighted by molar-refractivity contribution is 0.0696. The van der Waals surface area contributed by atoms with Gasteiger partial charge >= 0.3 is 12.1 Å². The number of alkyl halides is 1. The lowest BCUT2D eigenvalue weighted by Gasteiger charge is -2.17. The summed E-state index contributed by atoms with van der Waals surface area (Å²) in [6.07, 6.45) is 1.61. The predicted molar refractivity (Wildman–Crippen MR) is 110 cm³/mol. The quantitative estimate of drug-likeness (QED) is 0.210. The first-order valence-corrected chi connectivity index (χ1v) is 9.85. The first-order chi connectivity index (χ1) is 12.3. The Morgan fingerprint density at radius 1 is 1.27 bits per heavy atom. The van der Waals surface area contributed by atoms with Crippen molar-refractivity contribution in [2.75, 3.05) is 17.6 Å². The summed E-state index contributed by atoms with van der Waals surface area (Å²) in [5.41, 5.74) is 0.179. The number of unbranched alkanes of at least 4 members (excludes halogenated alkanes) is 1. The molecule has 2 N–H and O–H groups in total. The summed E-state index contributed by atoms with van der Waals surface area (Å²) < 4.78 is 5.84. The van der Waals surface area contributed by atoms with E-state index in [4.69, 9.17) is 14.9 Å². The Morgan fingerprint density at radius 2 is 1.88 bits per heavy atom. The molecule has 0 aromatic heterocycles. The van der Waals surface area contributed by atoms with Crippen molar-refractivity contribution >= 4 is 34.7 Å². The summed E-state index contributed by atoms with van der Waals surface area (Å²) in [5, 5.41) is 17.1. The maximum Gasteiger partial charge on any atom is 0.421 e. The zero-order valence-electron chi connectivity index (χ0n) is 15.4. The van der Waals surface area contributed by atoms with Gasteiger partial charge in [-0.1, -0.05) is 55.7 Å². The van der Waals surface area contributed by atoms with Crippen LogP contribution in [0.3, 0.4) is 0 Å². The topological polar surface area (TPSA) is 87.1 Å². The van der Waals surface area contributed by atoms with Crippen LogP contribution in [0.1, 0.15) is 44.0 Å². The largest absolute Gasteiger partial charge is 0.508 e. The van der Waals surface area contributed by atoms with Crippen molar-refractivity contribution in [2.45, 2.75) is 33.6 Å². The third-order valence-electron chi connectivity index (χ3n) is 2.89. The van der Waals surface area contributed by atoms with Crippen molar-refractivity contribution in [2.24, 2.45) is 5.92 Å². The molecule has 7 heteroatoms. The third-order valence-corrected chi connectivity index (χ3v) is 3.27. The standard InChI is InChI=1S/C12H20INO2.C7H6O3/c1-4-5-9-16-12(15)14(8-6-7-13)10-11(2)3;8-6-3-1-5(2-4-6)7(9)10/h11H,4-5,7,9-10H2,1-3H3;1-4,8H,(H,9,10). The van der Waals surface area contributed by atoms with E-state index in [1.165, 1.54) is 29.2 Å². The van der Waals surface area contributed by atoms with Gasteiger partial charge in [-0.3, -0.25) is 0 Å². The molecule has 0 fully saturated rings. The Kier molecular flexibility index (Phi) is 13.2. The van der Waals surface area contributed by atoms with Gasteiger partial charge in [-0.2, -0.15) is 0 Å². The van der Waals surface area contributed by atoms with Crippen LogP contribution in [0.4, 0.5) is 4.79 Å². The van der Waals surface area contributed by atoms with Crippen molar-refractivity contribution in [3.8, 4) is 17.7 Å². The number of hydrogen-bond acceptors (Lipinski definition) is 4. The number of phenolic OH excluding ortho intramolecular Hbond substituents is 1. The highest BCUT2D eigenvalue weighted by atomic mass is 127. The Hall–Kier alpha value is -1.95. The Bertz CT molecular complexity index is 605. The molecule has 6 nitrogen and oxygen atoms in total. The van der Waals surface area contributed by atoms with Gasteiger partial charge in [0.25, 0.3) is 0 Å². The van der Waals surface area contributed by atoms with Gasteiger partial charge in [0, 0.05) is 12.6 Å². The van der Waals surface area contributed by atoms with Crippen LogP contribution >= 0.6 is 22.6 Å². The predicted octanol–water partition coefficient (Wildman–Crippen LogP) is 4.37. The van der Waals surface area contributed by atoms with Gasteiger partial charge in [0.2, 0.25) is 0 Å². The number of carbonyl (C=O) groups excluding carboxylic acids is 1. The molecule has 0 radical (unpaired) electrons. The van der Waals surface area contributed by atoms with Crippen molar-refractivity contribution in [1.29, 1.82) is 0 Å². The van der Waals surface area contributed by atoms with Gasteiger partial charge < -0.3 is 14.9 Å². The number of carboxylic acids is 1. The molecule has 1 rings (SSSR count). The van der Waals surface area contributed by atoms with E-state index < -0.39 is 5.97 Å². The molecule has 0 unspecified atom stereocenters. The molecule has 0 bridgehead atoms. The summed E-state index contributed by atoms with van der Waals surface area (Å²) in [6.45, 7) is 7.27. The van der Waals surface area contributed by atoms with Crippen LogP contribution in [0.15, 0.2) is 24.3 Å². The van der Waals surface area contributed by atoms with E-state index in [0.717, 1.165) is 12.8 Å². The molecule has 26 heavy (non-hydrogen) atoms. The first-order valence-electron chi connectivity index (χ1n) is 8.32. The highest BCUT2D eigenvalue weighted by Gasteiger charge is 2.13. The highest BCUT2D eigenvalue weighted by Crippen LogP contribution is 2.08. The second-order valence-electron chi connectivity index (χ2n) is 5.75. The second-order valence-corrected chi connectivity index (χ2v) is 6.51. The number of aromatic carboxylic acids is 1. The number of ether oxygens (including phenoxy) is 1. The van der Waals surface area contributed by atoms with E-state index in [1.807, 2.05) is 0 Å². The lowest BCUT2D eigenvalue weighted by atomic mass is 10.2. The lowest BCUT2D eigenvalue weighted by Crippen LogP contribution is -2.30. The molecule has 1 amide bonds. The minimum atomic E-state index is -0.986. The number of halogens is 1. The van der Waals surface area contributed by atoms with E-state index >= 15 is 0 Å². The number of aromatic hydroxyl groups is 1. The minimum absolute atomic E-state index is 0.0741. The summed E-state index contributed by atoms with van der Waals surface area (Å²) in [5.74, 6) is 2.37.